The van der Waals surface area contributed by atoms with Crippen molar-refractivity contribution in [1.29, 1.82) is 0 Å². The lowest BCUT2D eigenvalue weighted by Crippen LogP contribution is -2.15. The highest BCUT2D eigenvalue weighted by Gasteiger charge is 1.95. The van der Waals surface area contributed by atoms with Gasteiger partial charge in [-0.1, -0.05) is 36.4 Å². The third-order valence-corrected chi connectivity index (χ3v) is 3.24. The topological polar surface area (TPSA) is 12.5 Å². The van der Waals surface area contributed by atoms with E-state index in [9.17, 15) is 4.39 Å². The van der Waals surface area contributed by atoms with Gasteiger partial charge in [-0.05, 0) is 55.9 Å². The van der Waals surface area contributed by atoms with Crippen LogP contribution in [0.1, 0.15) is 17.5 Å². The van der Waals surface area contributed by atoms with Gasteiger partial charge in [0.1, 0.15) is 11.6 Å². The van der Waals surface area contributed by atoms with Crippen LogP contribution in [0.4, 0.5) is 4.39 Å². The van der Waals surface area contributed by atoms with E-state index in [1.165, 1.54) is 12.1 Å². The Morgan fingerprint density at radius 3 is 2.00 bits per heavy atom. The van der Waals surface area contributed by atoms with E-state index in [0.717, 1.165) is 36.4 Å². The highest BCUT2D eigenvalue weighted by molar-refractivity contribution is 5.69. The van der Waals surface area contributed by atoms with Crippen LogP contribution in [0.25, 0.3) is 12.2 Å². The summed E-state index contributed by atoms with van der Waals surface area (Å²) in [6.45, 7) is 1.75. The zero-order valence-electron chi connectivity index (χ0n) is 13.1. The first kappa shape index (κ1) is 16.2. The summed E-state index contributed by atoms with van der Waals surface area (Å²) < 4.78 is 18.5. The Morgan fingerprint density at radius 1 is 0.909 bits per heavy atom. The first-order chi connectivity index (χ1) is 10.6. The average Bonchev–Trinajstić information content (AvgIpc) is 2.52. The van der Waals surface area contributed by atoms with E-state index in [4.69, 9.17) is 4.74 Å². The van der Waals surface area contributed by atoms with Crippen molar-refractivity contribution in [1.82, 2.24) is 4.90 Å². The molecule has 2 aromatic carbocycles. The Labute approximate surface area is 131 Å². The molecule has 0 radical (unpaired) electrons. The van der Waals surface area contributed by atoms with Gasteiger partial charge in [0.05, 0.1) is 6.61 Å². The molecule has 22 heavy (non-hydrogen) atoms. The molecule has 0 bridgehead atoms. The number of benzene rings is 2. The predicted molar refractivity (Wildman–Crippen MR) is 90.4 cm³/mol. The molecule has 0 saturated heterocycles. The van der Waals surface area contributed by atoms with Crippen molar-refractivity contribution >= 4 is 12.2 Å². The molecule has 116 valence electrons. The molecule has 0 amide bonds. The molecule has 2 aromatic rings. The quantitative estimate of drug-likeness (QED) is 0.557. The second kappa shape index (κ2) is 8.35. The van der Waals surface area contributed by atoms with Crippen LogP contribution < -0.4 is 4.74 Å². The van der Waals surface area contributed by atoms with Crippen LogP contribution in [-0.2, 0) is 0 Å². The Balaban J connectivity index is 1.85. The molecule has 0 spiro atoms. The molecule has 2 rings (SSSR count). The molecule has 0 N–H and O–H groups in total. The minimum Gasteiger partial charge on any atom is -0.494 e. The number of ether oxygens (including phenoxy) is 1. The summed E-state index contributed by atoms with van der Waals surface area (Å²) in [6.07, 6.45) is 4.98. The molecule has 0 atom stereocenters. The van der Waals surface area contributed by atoms with Crippen molar-refractivity contribution in [3.63, 3.8) is 0 Å². The van der Waals surface area contributed by atoms with Gasteiger partial charge >= 0.3 is 0 Å². The van der Waals surface area contributed by atoms with E-state index in [0.29, 0.717) is 0 Å². The number of halogens is 1. The van der Waals surface area contributed by atoms with E-state index in [2.05, 4.69) is 19.0 Å². The maximum Gasteiger partial charge on any atom is 0.123 e. The minimum atomic E-state index is -0.215. The molecule has 0 aliphatic carbocycles. The molecule has 0 saturated carbocycles. The van der Waals surface area contributed by atoms with Crippen LogP contribution in [0.2, 0.25) is 0 Å². The molecular weight excluding hydrogens is 277 g/mol. The van der Waals surface area contributed by atoms with Crippen LogP contribution in [0, 0.1) is 5.82 Å². The third kappa shape index (κ3) is 5.70. The van der Waals surface area contributed by atoms with Crippen LogP contribution in [0.15, 0.2) is 48.5 Å². The lowest BCUT2D eigenvalue weighted by Gasteiger charge is -2.10. The highest BCUT2D eigenvalue weighted by atomic mass is 19.1. The summed E-state index contributed by atoms with van der Waals surface area (Å²) in [5.41, 5.74) is 2.07. The summed E-state index contributed by atoms with van der Waals surface area (Å²) in [5, 5.41) is 0. The maximum atomic E-state index is 12.8. The normalized spacial score (nSPS) is 11.3. The number of nitrogens with zero attached hydrogens (tertiary/aromatic N) is 1. The second-order valence-corrected chi connectivity index (χ2v) is 5.46. The molecule has 0 unspecified atom stereocenters. The molecule has 0 aromatic heterocycles. The number of hydrogen-bond acceptors (Lipinski definition) is 2. The summed E-state index contributed by atoms with van der Waals surface area (Å²) >= 11 is 0. The van der Waals surface area contributed by atoms with Gasteiger partial charge < -0.3 is 9.64 Å². The summed E-state index contributed by atoms with van der Waals surface area (Å²) in [4.78, 5) is 2.15. The van der Waals surface area contributed by atoms with Gasteiger partial charge in [0, 0.05) is 6.54 Å². The first-order valence-corrected chi connectivity index (χ1v) is 7.45. The van der Waals surface area contributed by atoms with Gasteiger partial charge in [0.25, 0.3) is 0 Å². The van der Waals surface area contributed by atoms with Crippen LogP contribution in [0.3, 0.4) is 0 Å². The summed E-state index contributed by atoms with van der Waals surface area (Å²) in [6, 6.07) is 14.4. The largest absolute Gasteiger partial charge is 0.494 e. The van der Waals surface area contributed by atoms with Gasteiger partial charge in [-0.25, -0.2) is 4.39 Å². The Hall–Kier alpha value is -2.13. The maximum absolute atomic E-state index is 12.8. The van der Waals surface area contributed by atoms with Gasteiger partial charge in [-0.15, -0.1) is 0 Å². The Kier molecular flexibility index (Phi) is 6.16. The smallest absolute Gasteiger partial charge is 0.123 e. The van der Waals surface area contributed by atoms with Gasteiger partial charge in [-0.3, -0.25) is 0 Å². The zero-order valence-corrected chi connectivity index (χ0v) is 13.1. The fraction of sp³-hybridized carbons (Fsp3) is 0.263. The van der Waals surface area contributed by atoms with Crippen LogP contribution >= 0.6 is 0 Å². The van der Waals surface area contributed by atoms with Crippen LogP contribution in [0.5, 0.6) is 5.75 Å². The van der Waals surface area contributed by atoms with E-state index in [-0.39, 0.29) is 5.82 Å². The van der Waals surface area contributed by atoms with E-state index >= 15 is 0 Å². The Morgan fingerprint density at radius 2 is 1.45 bits per heavy atom. The lowest BCUT2D eigenvalue weighted by atomic mass is 10.1. The predicted octanol–water partition coefficient (Wildman–Crippen LogP) is 4.33. The summed E-state index contributed by atoms with van der Waals surface area (Å²) in [5.74, 6) is 0.672. The van der Waals surface area contributed by atoms with E-state index in [1.807, 2.05) is 36.4 Å². The van der Waals surface area contributed by atoms with Gasteiger partial charge in [0.2, 0.25) is 0 Å². The second-order valence-electron chi connectivity index (χ2n) is 5.46. The van der Waals surface area contributed by atoms with Gasteiger partial charge in [0.15, 0.2) is 0 Å². The fourth-order valence-electron chi connectivity index (χ4n) is 2.01. The SMILES string of the molecule is CN(C)CCCOc1ccc(/C=C/c2ccc(F)cc2)cc1. The first-order valence-electron chi connectivity index (χ1n) is 7.45. The zero-order chi connectivity index (χ0) is 15.8. The van der Waals surface area contributed by atoms with E-state index in [1.54, 1.807) is 12.1 Å². The van der Waals surface area contributed by atoms with Crippen molar-refractivity contribution in [3.8, 4) is 5.75 Å². The average molecular weight is 299 g/mol. The van der Waals surface area contributed by atoms with Crippen molar-refractivity contribution in [2.24, 2.45) is 0 Å². The van der Waals surface area contributed by atoms with Crippen LogP contribution in [-0.4, -0.2) is 32.1 Å². The molecular formula is C19H22FNO. The molecule has 0 heterocycles. The standard InChI is InChI=1S/C19H22FNO/c1-21(2)14-3-15-22-19-12-8-17(9-13-19)5-4-16-6-10-18(20)11-7-16/h4-13H,3,14-15H2,1-2H3/b5-4+. The summed E-state index contributed by atoms with van der Waals surface area (Å²) in [7, 11) is 4.12. The monoisotopic (exact) mass is 299 g/mol. The third-order valence-electron chi connectivity index (χ3n) is 3.24. The van der Waals surface area contributed by atoms with Crippen molar-refractivity contribution < 1.29 is 9.13 Å². The Bertz CT molecular complexity index is 588. The van der Waals surface area contributed by atoms with E-state index < -0.39 is 0 Å². The number of rotatable bonds is 7. The number of hydrogen-bond donors (Lipinski definition) is 0. The fourth-order valence-corrected chi connectivity index (χ4v) is 2.01. The molecule has 0 fully saturated rings. The minimum absolute atomic E-state index is 0.215. The molecule has 0 aliphatic heterocycles. The molecule has 2 nitrogen and oxygen atoms in total. The molecule has 3 heteroatoms. The lowest BCUT2D eigenvalue weighted by molar-refractivity contribution is 0.281. The van der Waals surface area contributed by atoms with Crippen molar-refractivity contribution in [2.45, 2.75) is 6.42 Å². The van der Waals surface area contributed by atoms with Crippen molar-refractivity contribution in [3.05, 3.63) is 65.5 Å². The van der Waals surface area contributed by atoms with Gasteiger partial charge in [-0.2, -0.15) is 0 Å². The van der Waals surface area contributed by atoms with Crippen molar-refractivity contribution in [2.75, 3.05) is 27.2 Å². The highest BCUT2D eigenvalue weighted by Crippen LogP contribution is 2.15. The molecule has 0 aliphatic rings.